The molecule has 3 heterocycles. The number of carboxylic acids is 1. The van der Waals surface area contributed by atoms with E-state index in [1.807, 2.05) is 0 Å². The smallest absolute Gasteiger partial charge is 0.326 e. The van der Waals surface area contributed by atoms with Gasteiger partial charge in [-0.25, -0.2) is 4.79 Å². The average molecular weight is 348 g/mol. The van der Waals surface area contributed by atoms with E-state index in [-0.39, 0.29) is 11.3 Å². The molecule has 1 spiro atoms. The number of nitrogens with zero attached hydrogens (tertiary/aromatic N) is 4. The molecular formula is C17H24N4O4. The summed E-state index contributed by atoms with van der Waals surface area (Å²) >= 11 is 0. The van der Waals surface area contributed by atoms with Gasteiger partial charge in [0.15, 0.2) is 5.82 Å². The first-order valence-electron chi connectivity index (χ1n) is 9.01. The van der Waals surface area contributed by atoms with Gasteiger partial charge < -0.3 is 14.5 Å². The number of likely N-dealkylation sites (tertiary alicyclic amines) is 2. The molecule has 0 aromatic carbocycles. The van der Waals surface area contributed by atoms with Crippen LogP contribution in [0.3, 0.4) is 0 Å². The van der Waals surface area contributed by atoms with E-state index in [2.05, 4.69) is 15.0 Å². The first-order valence-corrected chi connectivity index (χ1v) is 9.01. The van der Waals surface area contributed by atoms with Crippen molar-refractivity contribution in [2.24, 2.45) is 5.41 Å². The van der Waals surface area contributed by atoms with Crippen molar-refractivity contribution in [3.8, 4) is 0 Å². The van der Waals surface area contributed by atoms with Gasteiger partial charge in [0.1, 0.15) is 6.04 Å². The van der Waals surface area contributed by atoms with Gasteiger partial charge in [-0.1, -0.05) is 5.16 Å². The second-order valence-electron chi connectivity index (χ2n) is 7.80. The molecular weight excluding hydrogens is 324 g/mol. The minimum atomic E-state index is -0.895. The maximum Gasteiger partial charge on any atom is 0.326 e. The molecule has 1 N–H and O–H groups in total. The first kappa shape index (κ1) is 16.5. The molecule has 1 amide bonds. The van der Waals surface area contributed by atoms with E-state index in [9.17, 15) is 14.7 Å². The molecule has 4 rings (SSSR count). The van der Waals surface area contributed by atoms with Crippen molar-refractivity contribution in [3.05, 3.63) is 11.7 Å². The Hall–Kier alpha value is -1.96. The number of hydrogen-bond acceptors (Lipinski definition) is 6. The third-order valence-corrected chi connectivity index (χ3v) is 5.89. The predicted molar refractivity (Wildman–Crippen MR) is 86.6 cm³/mol. The van der Waals surface area contributed by atoms with Crippen LogP contribution in [0.2, 0.25) is 0 Å². The van der Waals surface area contributed by atoms with Crippen LogP contribution in [0.5, 0.6) is 0 Å². The highest BCUT2D eigenvalue weighted by Crippen LogP contribution is 2.44. The Bertz CT molecular complexity index is 652. The highest BCUT2D eigenvalue weighted by molar-refractivity contribution is 5.83. The lowest BCUT2D eigenvalue weighted by molar-refractivity contribution is -0.147. The predicted octanol–water partition coefficient (Wildman–Crippen LogP) is 1.23. The summed E-state index contributed by atoms with van der Waals surface area (Å²) in [6.07, 6.45) is 4.64. The Morgan fingerprint density at radius 3 is 2.60 bits per heavy atom. The van der Waals surface area contributed by atoms with E-state index in [0.717, 1.165) is 50.5 Å². The monoisotopic (exact) mass is 348 g/mol. The fourth-order valence-electron chi connectivity index (χ4n) is 4.18. The quantitative estimate of drug-likeness (QED) is 0.873. The van der Waals surface area contributed by atoms with Crippen LogP contribution < -0.4 is 0 Å². The van der Waals surface area contributed by atoms with Crippen molar-refractivity contribution in [2.45, 2.75) is 57.5 Å². The number of rotatable bonds is 4. The van der Waals surface area contributed by atoms with E-state index in [1.54, 1.807) is 0 Å². The zero-order valence-corrected chi connectivity index (χ0v) is 14.5. The molecule has 136 valence electrons. The molecule has 8 nitrogen and oxygen atoms in total. The fraction of sp³-hybridized carbons (Fsp3) is 0.765. The highest BCUT2D eigenvalue weighted by Gasteiger charge is 2.49. The zero-order valence-electron chi connectivity index (χ0n) is 14.5. The minimum absolute atomic E-state index is 0.0678. The summed E-state index contributed by atoms with van der Waals surface area (Å²) in [7, 11) is 0. The van der Waals surface area contributed by atoms with Gasteiger partial charge in [0.2, 0.25) is 11.8 Å². The molecule has 1 atom stereocenters. The number of carbonyl (C=O) groups excluding carboxylic acids is 1. The van der Waals surface area contributed by atoms with Crippen molar-refractivity contribution >= 4 is 11.9 Å². The summed E-state index contributed by atoms with van der Waals surface area (Å²) in [4.78, 5) is 31.6. The number of hydrogen-bond donors (Lipinski definition) is 1. The summed E-state index contributed by atoms with van der Waals surface area (Å²) in [5.74, 6) is 0.925. The minimum Gasteiger partial charge on any atom is -0.480 e. The second-order valence-corrected chi connectivity index (χ2v) is 7.80. The molecule has 0 radical (unpaired) electrons. The lowest BCUT2D eigenvalue weighted by atomic mass is 9.76. The molecule has 1 aromatic heterocycles. The van der Waals surface area contributed by atoms with E-state index in [1.165, 1.54) is 11.8 Å². The van der Waals surface area contributed by atoms with Crippen LogP contribution in [-0.4, -0.2) is 62.6 Å². The van der Waals surface area contributed by atoms with Crippen LogP contribution in [-0.2, 0) is 16.1 Å². The van der Waals surface area contributed by atoms with E-state index in [0.29, 0.717) is 25.4 Å². The molecule has 8 heteroatoms. The summed E-state index contributed by atoms with van der Waals surface area (Å²) < 4.78 is 5.31. The Balaban J connectivity index is 1.35. The van der Waals surface area contributed by atoms with Crippen LogP contribution >= 0.6 is 0 Å². The fourth-order valence-corrected chi connectivity index (χ4v) is 4.18. The normalized spacial score (nSPS) is 26.3. The maximum absolute atomic E-state index is 11.8. The van der Waals surface area contributed by atoms with Crippen molar-refractivity contribution < 1.29 is 19.2 Å². The first-order chi connectivity index (χ1) is 12.0. The van der Waals surface area contributed by atoms with Gasteiger partial charge in [-0.15, -0.1) is 0 Å². The molecule has 1 aliphatic carbocycles. The summed E-state index contributed by atoms with van der Waals surface area (Å²) in [6.45, 7) is 4.42. The zero-order chi connectivity index (χ0) is 17.6. The molecule has 2 saturated heterocycles. The second kappa shape index (κ2) is 6.09. The third kappa shape index (κ3) is 3.27. The Kier molecular flexibility index (Phi) is 4.02. The Morgan fingerprint density at radius 1 is 1.32 bits per heavy atom. The van der Waals surface area contributed by atoms with E-state index in [4.69, 9.17) is 4.52 Å². The number of amides is 1. The van der Waals surface area contributed by atoms with Gasteiger partial charge in [0.25, 0.3) is 0 Å². The van der Waals surface area contributed by atoms with Crippen LogP contribution in [0, 0.1) is 5.41 Å². The Labute approximate surface area is 146 Å². The van der Waals surface area contributed by atoms with Gasteiger partial charge in [0.05, 0.1) is 6.54 Å². The summed E-state index contributed by atoms with van der Waals surface area (Å²) in [5.41, 5.74) is -0.0678. The number of piperidine rings is 1. The number of aliphatic carboxylic acids is 1. The van der Waals surface area contributed by atoms with Crippen molar-refractivity contribution in [1.29, 1.82) is 0 Å². The SMILES string of the molecule is CC(=O)N1CC2(CCN(Cc3noc(C4CC4)n3)CC2)C[C@@H]1C(=O)O. The molecule has 0 unspecified atom stereocenters. The van der Waals surface area contributed by atoms with Gasteiger partial charge in [-0.05, 0) is 50.6 Å². The lowest BCUT2D eigenvalue weighted by Crippen LogP contribution is -2.42. The third-order valence-electron chi connectivity index (χ3n) is 5.89. The molecule has 3 aliphatic rings. The number of carbonyl (C=O) groups is 2. The number of aromatic nitrogens is 2. The molecule has 0 bridgehead atoms. The standard InChI is InChI=1S/C17H24N4O4/c1-11(22)21-10-17(8-13(21)16(23)24)4-6-20(7-5-17)9-14-18-15(25-19-14)12-2-3-12/h12-13H,2-10H2,1H3,(H,23,24)/t13-/m1/s1. The summed E-state index contributed by atoms with van der Waals surface area (Å²) in [5, 5.41) is 13.5. The van der Waals surface area contributed by atoms with E-state index >= 15 is 0 Å². The molecule has 3 fully saturated rings. The lowest BCUT2D eigenvalue weighted by Gasteiger charge is -2.38. The van der Waals surface area contributed by atoms with Gasteiger partial charge >= 0.3 is 5.97 Å². The van der Waals surface area contributed by atoms with Gasteiger partial charge in [-0.2, -0.15) is 4.98 Å². The van der Waals surface area contributed by atoms with Gasteiger partial charge in [-0.3, -0.25) is 9.69 Å². The molecule has 1 saturated carbocycles. The topological polar surface area (TPSA) is 99.8 Å². The average Bonchev–Trinajstić information content (AvgIpc) is 3.20. The van der Waals surface area contributed by atoms with Crippen molar-refractivity contribution in [1.82, 2.24) is 19.9 Å². The van der Waals surface area contributed by atoms with Crippen LogP contribution in [0.4, 0.5) is 0 Å². The van der Waals surface area contributed by atoms with Crippen molar-refractivity contribution in [3.63, 3.8) is 0 Å². The van der Waals surface area contributed by atoms with E-state index < -0.39 is 12.0 Å². The summed E-state index contributed by atoms with van der Waals surface area (Å²) in [6, 6.07) is -0.678. The molecule has 2 aliphatic heterocycles. The maximum atomic E-state index is 11.8. The molecule has 1 aromatic rings. The molecule has 25 heavy (non-hydrogen) atoms. The van der Waals surface area contributed by atoms with Crippen LogP contribution in [0.1, 0.15) is 56.7 Å². The van der Waals surface area contributed by atoms with Gasteiger partial charge in [0, 0.05) is 19.4 Å². The number of carboxylic acid groups (broad SMARTS) is 1. The highest BCUT2D eigenvalue weighted by atomic mass is 16.5. The van der Waals surface area contributed by atoms with Crippen molar-refractivity contribution in [2.75, 3.05) is 19.6 Å². The van der Waals surface area contributed by atoms with Crippen LogP contribution in [0.25, 0.3) is 0 Å². The van der Waals surface area contributed by atoms with Crippen LogP contribution in [0.15, 0.2) is 4.52 Å². The Morgan fingerprint density at radius 2 is 2.04 bits per heavy atom. The largest absolute Gasteiger partial charge is 0.480 e.